The summed E-state index contributed by atoms with van der Waals surface area (Å²) < 4.78 is 0.934. The SMILES string of the molecule is C#CCCCC(NC)c1cccc(Br)c1Cl. The van der Waals surface area contributed by atoms with Crippen molar-refractivity contribution >= 4 is 27.5 Å². The molecule has 0 radical (unpaired) electrons. The summed E-state index contributed by atoms with van der Waals surface area (Å²) in [4.78, 5) is 0. The Labute approximate surface area is 111 Å². The first-order valence-electron chi connectivity index (χ1n) is 5.25. The predicted molar refractivity (Wildman–Crippen MR) is 73.6 cm³/mol. The fraction of sp³-hybridized carbons (Fsp3) is 0.385. The van der Waals surface area contributed by atoms with Crippen LogP contribution < -0.4 is 5.32 Å². The van der Waals surface area contributed by atoms with Gasteiger partial charge in [-0.15, -0.1) is 12.3 Å². The average molecular weight is 301 g/mol. The summed E-state index contributed by atoms with van der Waals surface area (Å²) in [6, 6.07) is 6.25. The Hall–Kier alpha value is -0.490. The van der Waals surface area contributed by atoms with E-state index in [0.717, 1.165) is 34.3 Å². The van der Waals surface area contributed by atoms with Crippen LogP contribution in [0.2, 0.25) is 5.02 Å². The maximum atomic E-state index is 6.25. The molecule has 0 aliphatic rings. The molecule has 86 valence electrons. The number of hydrogen-bond donors (Lipinski definition) is 1. The molecule has 0 spiro atoms. The summed E-state index contributed by atoms with van der Waals surface area (Å²) in [6.45, 7) is 0. The van der Waals surface area contributed by atoms with E-state index in [1.54, 1.807) is 0 Å². The zero-order valence-corrected chi connectivity index (χ0v) is 11.6. The lowest BCUT2D eigenvalue weighted by Gasteiger charge is -2.18. The minimum Gasteiger partial charge on any atom is -0.313 e. The van der Waals surface area contributed by atoms with Gasteiger partial charge in [0.05, 0.1) is 5.02 Å². The van der Waals surface area contributed by atoms with Crippen LogP contribution in [0.5, 0.6) is 0 Å². The Bertz CT molecular complexity index is 384. The minimum atomic E-state index is 0.262. The van der Waals surface area contributed by atoms with Gasteiger partial charge in [0.2, 0.25) is 0 Å². The first-order chi connectivity index (χ1) is 7.70. The van der Waals surface area contributed by atoms with Crippen LogP contribution in [0.3, 0.4) is 0 Å². The van der Waals surface area contributed by atoms with E-state index in [1.807, 2.05) is 25.2 Å². The third-order valence-electron chi connectivity index (χ3n) is 2.52. The third-order valence-corrected chi connectivity index (χ3v) is 3.83. The lowest BCUT2D eigenvalue weighted by atomic mass is 10.0. The molecule has 1 atom stereocenters. The highest BCUT2D eigenvalue weighted by Gasteiger charge is 2.13. The van der Waals surface area contributed by atoms with Gasteiger partial charge in [-0.05, 0) is 47.4 Å². The number of unbranched alkanes of at least 4 members (excludes halogenated alkanes) is 1. The number of terminal acetylenes is 1. The van der Waals surface area contributed by atoms with E-state index < -0.39 is 0 Å². The Morgan fingerprint density at radius 1 is 1.56 bits per heavy atom. The van der Waals surface area contributed by atoms with Crippen LogP contribution in [0.1, 0.15) is 30.9 Å². The van der Waals surface area contributed by atoms with Gasteiger partial charge in [0.25, 0.3) is 0 Å². The molecule has 1 nitrogen and oxygen atoms in total. The van der Waals surface area contributed by atoms with Gasteiger partial charge >= 0.3 is 0 Å². The molecule has 0 heterocycles. The second-order valence-corrected chi connectivity index (χ2v) is 4.81. The molecular formula is C13H15BrClN. The number of halogens is 2. The molecule has 0 aliphatic heterocycles. The number of nitrogens with one attached hydrogen (secondary N) is 1. The summed E-state index contributed by atoms with van der Waals surface area (Å²) >= 11 is 9.69. The Kier molecular flexibility index (Phi) is 5.90. The molecule has 1 rings (SSSR count). The van der Waals surface area contributed by atoms with Crippen LogP contribution in [0.4, 0.5) is 0 Å². The molecule has 0 bridgehead atoms. The van der Waals surface area contributed by atoms with Gasteiger partial charge < -0.3 is 5.32 Å². The molecule has 0 aliphatic carbocycles. The van der Waals surface area contributed by atoms with E-state index in [-0.39, 0.29) is 6.04 Å². The van der Waals surface area contributed by atoms with Crippen molar-refractivity contribution in [2.24, 2.45) is 0 Å². The van der Waals surface area contributed by atoms with Crippen molar-refractivity contribution in [3.8, 4) is 12.3 Å². The van der Waals surface area contributed by atoms with Gasteiger partial charge in [-0.1, -0.05) is 23.7 Å². The zero-order chi connectivity index (χ0) is 12.0. The highest BCUT2D eigenvalue weighted by atomic mass is 79.9. The van der Waals surface area contributed by atoms with Crippen LogP contribution in [0.15, 0.2) is 22.7 Å². The Morgan fingerprint density at radius 2 is 2.31 bits per heavy atom. The van der Waals surface area contributed by atoms with Gasteiger partial charge in [0, 0.05) is 16.9 Å². The number of rotatable bonds is 5. The molecule has 1 unspecified atom stereocenters. The Morgan fingerprint density at radius 3 is 2.94 bits per heavy atom. The molecule has 0 saturated heterocycles. The normalized spacial score (nSPS) is 12.1. The highest BCUT2D eigenvalue weighted by molar-refractivity contribution is 9.10. The topological polar surface area (TPSA) is 12.0 Å². The monoisotopic (exact) mass is 299 g/mol. The quantitative estimate of drug-likeness (QED) is 0.636. The lowest BCUT2D eigenvalue weighted by Crippen LogP contribution is -2.16. The van der Waals surface area contributed by atoms with Crippen molar-refractivity contribution < 1.29 is 0 Å². The molecule has 0 fully saturated rings. The van der Waals surface area contributed by atoms with Gasteiger partial charge in [-0.2, -0.15) is 0 Å². The highest BCUT2D eigenvalue weighted by Crippen LogP contribution is 2.32. The minimum absolute atomic E-state index is 0.262. The first kappa shape index (κ1) is 13.6. The van der Waals surface area contributed by atoms with E-state index in [0.29, 0.717) is 0 Å². The van der Waals surface area contributed by atoms with Crippen molar-refractivity contribution in [1.29, 1.82) is 0 Å². The van der Waals surface area contributed by atoms with Crippen molar-refractivity contribution in [2.75, 3.05) is 7.05 Å². The molecule has 0 amide bonds. The molecular weight excluding hydrogens is 286 g/mol. The summed E-state index contributed by atoms with van der Waals surface area (Å²) in [5, 5.41) is 4.05. The van der Waals surface area contributed by atoms with Crippen LogP contribution >= 0.6 is 27.5 Å². The van der Waals surface area contributed by atoms with Crippen molar-refractivity contribution in [3.05, 3.63) is 33.3 Å². The molecule has 0 saturated carbocycles. The van der Waals surface area contributed by atoms with Crippen molar-refractivity contribution in [3.63, 3.8) is 0 Å². The number of benzene rings is 1. The average Bonchev–Trinajstić information content (AvgIpc) is 2.29. The van der Waals surface area contributed by atoms with Gasteiger partial charge in [-0.25, -0.2) is 0 Å². The third kappa shape index (κ3) is 3.52. The standard InChI is InChI=1S/C13H15BrClN/c1-3-4-5-9-12(16-2)10-7-6-8-11(14)13(10)15/h1,6-8,12,16H,4-5,9H2,2H3. The maximum absolute atomic E-state index is 6.25. The molecule has 16 heavy (non-hydrogen) atoms. The van der Waals surface area contributed by atoms with Gasteiger partial charge in [0.15, 0.2) is 0 Å². The number of hydrogen-bond acceptors (Lipinski definition) is 1. The molecule has 1 aromatic carbocycles. The molecule has 1 aromatic rings. The van der Waals surface area contributed by atoms with Gasteiger partial charge in [0.1, 0.15) is 0 Å². The van der Waals surface area contributed by atoms with E-state index in [2.05, 4.69) is 27.2 Å². The van der Waals surface area contributed by atoms with Crippen molar-refractivity contribution in [2.45, 2.75) is 25.3 Å². The summed E-state index contributed by atoms with van der Waals surface area (Å²) in [6.07, 6.45) is 8.06. The fourth-order valence-corrected chi connectivity index (χ4v) is 2.29. The van der Waals surface area contributed by atoms with Gasteiger partial charge in [-0.3, -0.25) is 0 Å². The Balaban J connectivity index is 2.79. The maximum Gasteiger partial charge on any atom is 0.0595 e. The van der Waals surface area contributed by atoms with E-state index in [1.165, 1.54) is 0 Å². The first-order valence-corrected chi connectivity index (χ1v) is 6.42. The summed E-state index contributed by atoms with van der Waals surface area (Å²) in [5.74, 6) is 2.65. The molecule has 3 heteroatoms. The van der Waals surface area contributed by atoms with E-state index >= 15 is 0 Å². The van der Waals surface area contributed by atoms with E-state index in [4.69, 9.17) is 18.0 Å². The second-order valence-electron chi connectivity index (χ2n) is 3.58. The van der Waals surface area contributed by atoms with Crippen LogP contribution in [0, 0.1) is 12.3 Å². The second kappa shape index (κ2) is 6.96. The summed E-state index contributed by atoms with van der Waals surface area (Å²) in [5.41, 5.74) is 1.12. The largest absolute Gasteiger partial charge is 0.313 e. The summed E-state index contributed by atoms with van der Waals surface area (Å²) in [7, 11) is 1.94. The zero-order valence-electron chi connectivity index (χ0n) is 9.26. The lowest BCUT2D eigenvalue weighted by molar-refractivity contribution is 0.532. The fourth-order valence-electron chi connectivity index (χ4n) is 1.65. The van der Waals surface area contributed by atoms with Crippen LogP contribution in [0.25, 0.3) is 0 Å². The van der Waals surface area contributed by atoms with Crippen LogP contribution in [-0.2, 0) is 0 Å². The molecule has 1 N–H and O–H groups in total. The van der Waals surface area contributed by atoms with Crippen LogP contribution in [-0.4, -0.2) is 7.05 Å². The smallest absolute Gasteiger partial charge is 0.0595 e. The van der Waals surface area contributed by atoms with E-state index in [9.17, 15) is 0 Å². The van der Waals surface area contributed by atoms with Crippen molar-refractivity contribution in [1.82, 2.24) is 5.32 Å². The molecule has 0 aromatic heterocycles. The predicted octanol–water partition coefficient (Wildman–Crippen LogP) is 4.17.